The maximum absolute atomic E-state index is 14.4. The molecule has 61 heavy (non-hydrogen) atoms. The summed E-state index contributed by atoms with van der Waals surface area (Å²) in [4.78, 5) is 60.5. The van der Waals surface area contributed by atoms with Crippen LogP contribution in [0.2, 0.25) is 0 Å². The molecule has 1 fully saturated rings. The molecule has 0 unspecified atom stereocenters. The summed E-state index contributed by atoms with van der Waals surface area (Å²) in [6.07, 6.45) is 0.0831. The number of carbonyl (C=O) groups excluding carboxylic acids is 4. The van der Waals surface area contributed by atoms with Crippen LogP contribution < -0.4 is 10.1 Å². The van der Waals surface area contributed by atoms with E-state index >= 15 is 0 Å². The van der Waals surface area contributed by atoms with Crippen molar-refractivity contribution < 1.29 is 33.4 Å². The van der Waals surface area contributed by atoms with Crippen molar-refractivity contribution in [2.24, 2.45) is 0 Å². The number of thioether (sulfide) groups is 1. The Labute approximate surface area is 362 Å². The largest absolute Gasteiger partial charge is 0.496 e. The highest BCUT2D eigenvalue weighted by Crippen LogP contribution is 2.52. The Kier molecular flexibility index (Phi) is 11.3. The average molecular weight is 843 g/mol. The highest BCUT2D eigenvalue weighted by atomic mass is 32.2. The summed E-state index contributed by atoms with van der Waals surface area (Å²) in [6.45, 7) is 12.4. The Morgan fingerprint density at radius 2 is 1.59 bits per heavy atom. The van der Waals surface area contributed by atoms with Gasteiger partial charge >= 0.3 is 12.1 Å². The fourth-order valence-electron chi connectivity index (χ4n) is 10.6. The summed E-state index contributed by atoms with van der Waals surface area (Å²) in [6, 6.07) is 17.8. The van der Waals surface area contributed by atoms with Gasteiger partial charge in [0.25, 0.3) is 0 Å². The number of rotatable bonds is 9. The highest BCUT2D eigenvalue weighted by Gasteiger charge is 2.57. The first-order valence-electron chi connectivity index (χ1n) is 21.0. The van der Waals surface area contributed by atoms with Crippen LogP contribution in [-0.2, 0) is 30.3 Å². The molecule has 0 spiro atoms. The number of hydrogen-bond acceptors (Lipinski definition) is 11. The van der Waals surface area contributed by atoms with Gasteiger partial charge in [0.2, 0.25) is 0 Å². The highest BCUT2D eigenvalue weighted by molar-refractivity contribution is 7.99. The number of ketones is 2. The molecule has 0 saturated carbocycles. The van der Waals surface area contributed by atoms with Gasteiger partial charge in [0, 0.05) is 51.8 Å². The summed E-state index contributed by atoms with van der Waals surface area (Å²) in [5.74, 6) is 0.541. The molecule has 2 aliphatic carbocycles. The number of esters is 1. The quantitative estimate of drug-likeness (QED) is 0.171. The van der Waals surface area contributed by atoms with Gasteiger partial charge in [0.15, 0.2) is 11.6 Å². The molecule has 11 nitrogen and oxygen atoms in total. The number of nitriles is 1. The number of allylic oxidation sites excluding steroid dienone is 2. The van der Waals surface area contributed by atoms with E-state index in [2.05, 4.69) is 58.4 Å². The van der Waals surface area contributed by atoms with Crippen molar-refractivity contribution in [1.82, 2.24) is 15.1 Å². The summed E-state index contributed by atoms with van der Waals surface area (Å²) >= 11 is 1.53. The van der Waals surface area contributed by atoms with Crippen LogP contribution in [0.25, 0.3) is 11.1 Å². The molecule has 3 aliphatic heterocycles. The fraction of sp³-hybridized carbons (Fsp3) is 0.449. The van der Waals surface area contributed by atoms with Gasteiger partial charge in [0.1, 0.15) is 30.0 Å². The summed E-state index contributed by atoms with van der Waals surface area (Å²) in [5.41, 5.74) is 9.68. The van der Waals surface area contributed by atoms with Crippen LogP contribution in [0.1, 0.15) is 86.4 Å². The normalized spacial score (nSPS) is 23.9. The zero-order chi connectivity index (χ0) is 43.7. The first-order chi connectivity index (χ1) is 29.1. The van der Waals surface area contributed by atoms with Crippen molar-refractivity contribution in [3.05, 3.63) is 110 Å². The van der Waals surface area contributed by atoms with E-state index in [0.29, 0.717) is 28.9 Å². The summed E-state index contributed by atoms with van der Waals surface area (Å²) in [7, 11) is 3.69. The van der Waals surface area contributed by atoms with Crippen LogP contribution in [0.5, 0.6) is 5.75 Å². The molecule has 1 amide bonds. The molecule has 5 aliphatic rings. The lowest BCUT2D eigenvalue weighted by Gasteiger charge is -2.60. The van der Waals surface area contributed by atoms with Gasteiger partial charge in [-0.25, -0.2) is 9.59 Å². The number of aryl methyl sites for hydroxylation is 1. The number of carbonyl (C=O) groups is 4. The molecule has 318 valence electrons. The molecular weight excluding hydrogens is 789 g/mol. The Morgan fingerprint density at radius 3 is 2.21 bits per heavy atom. The number of hydrogen-bond donors (Lipinski definition) is 1. The lowest BCUT2D eigenvalue weighted by molar-refractivity contribution is -0.150. The van der Waals surface area contributed by atoms with Crippen LogP contribution in [0.3, 0.4) is 0 Å². The minimum Gasteiger partial charge on any atom is -0.496 e. The molecule has 6 atom stereocenters. The van der Waals surface area contributed by atoms with Crippen LogP contribution in [0.4, 0.5) is 4.79 Å². The lowest BCUT2D eigenvalue weighted by atomic mass is 9.68. The van der Waals surface area contributed by atoms with Gasteiger partial charge in [-0.15, -0.1) is 0 Å². The zero-order valence-corrected chi connectivity index (χ0v) is 37.2. The predicted molar refractivity (Wildman–Crippen MR) is 234 cm³/mol. The standard InChI is InChI=1S/C49H54N4O7S/c1-25-18-29-19-37-39(21-50)53-38(43(52(37)8)41(29)28(4)46(25)58-9)20-34-42(45(55)27(3)26(2)44(34)54)40(53)22-59-47(56)36(51-48(57)60-49(5,6)7)24-61-23-35-32-16-12-10-14-30(32)31-15-11-13-17-33(31)35/h10-18,35-40,43H,19-20,22-24H2,1-9H3,(H,51,57)/t36-,37+,38+,39+,40+,43+/m1/s1. The number of amides is 1. The van der Waals surface area contributed by atoms with E-state index in [9.17, 15) is 24.4 Å². The van der Waals surface area contributed by atoms with Crippen LogP contribution in [0.15, 0.2) is 76.9 Å². The second kappa shape index (κ2) is 16.2. The van der Waals surface area contributed by atoms with E-state index in [0.717, 1.165) is 28.0 Å². The van der Waals surface area contributed by atoms with Crippen LogP contribution in [0, 0.1) is 25.2 Å². The second-order valence-corrected chi connectivity index (χ2v) is 19.1. The number of nitrogens with zero attached hydrogens (tertiary/aromatic N) is 3. The Balaban J connectivity index is 1.12. The average Bonchev–Trinajstić information content (AvgIpc) is 3.53. The topological polar surface area (TPSA) is 138 Å². The number of piperazine rings is 1. The van der Waals surface area contributed by atoms with Gasteiger partial charge in [-0.05, 0) is 113 Å². The van der Waals surface area contributed by atoms with Gasteiger partial charge in [-0.2, -0.15) is 17.0 Å². The van der Waals surface area contributed by atoms with Crippen molar-refractivity contribution in [2.75, 3.05) is 32.3 Å². The number of alkyl carbamates (subject to hydrolysis) is 1. The number of fused-ring (bicyclic) bond motifs is 9. The van der Waals surface area contributed by atoms with Crippen LogP contribution >= 0.6 is 11.8 Å². The molecule has 8 rings (SSSR count). The molecule has 1 saturated heterocycles. The Bertz CT molecular complexity index is 2410. The van der Waals surface area contributed by atoms with Crippen molar-refractivity contribution in [3.8, 4) is 22.9 Å². The molecular formula is C49H54N4O7S. The first kappa shape index (κ1) is 42.5. The first-order valence-corrected chi connectivity index (χ1v) is 22.2. The van der Waals surface area contributed by atoms with E-state index in [1.54, 1.807) is 41.7 Å². The molecule has 12 heteroatoms. The summed E-state index contributed by atoms with van der Waals surface area (Å²) < 4.78 is 17.7. The fourth-order valence-corrected chi connectivity index (χ4v) is 11.8. The number of methoxy groups -OCH3 is 1. The number of nitrogens with one attached hydrogen (secondary N) is 1. The Hall–Kier alpha value is -5.22. The SMILES string of the molecule is COc1c(C)cc2c(c1C)[C@@H]1[C@@H]3CC4=C(C(=O)C(C)=C(C)C4=O)[C@H](COC(=O)[C@@H](CSCC4c5ccccc5-c5ccccc54)NC(=O)OC(C)(C)C)N3[C@@H](C#N)[C@H](C2)N1C. The van der Waals surface area contributed by atoms with E-state index in [-0.39, 0.29) is 53.9 Å². The smallest absolute Gasteiger partial charge is 0.408 e. The van der Waals surface area contributed by atoms with Crippen molar-refractivity contribution >= 4 is 35.4 Å². The number of likely N-dealkylation sites (N-methyl/N-ethyl adjacent to an activating group) is 1. The van der Waals surface area contributed by atoms with Gasteiger partial charge < -0.3 is 19.5 Å². The number of benzene rings is 3. The van der Waals surface area contributed by atoms with Crippen molar-refractivity contribution in [3.63, 3.8) is 0 Å². The van der Waals surface area contributed by atoms with Crippen molar-refractivity contribution in [1.29, 1.82) is 5.26 Å². The van der Waals surface area contributed by atoms with Crippen LogP contribution in [-0.4, -0.2) is 102 Å². The minimum atomic E-state index is -1.10. The van der Waals surface area contributed by atoms with Crippen molar-refractivity contribution in [2.45, 2.75) is 109 Å². The summed E-state index contributed by atoms with van der Waals surface area (Å²) in [5, 5.41) is 13.8. The molecule has 3 aromatic rings. The zero-order valence-electron chi connectivity index (χ0n) is 36.4. The van der Waals surface area contributed by atoms with Gasteiger partial charge in [-0.1, -0.05) is 54.6 Å². The molecule has 1 N–H and O–H groups in total. The third kappa shape index (κ3) is 7.28. The molecule has 0 radical (unpaired) electrons. The molecule has 2 bridgehead atoms. The van der Waals surface area contributed by atoms with E-state index in [1.165, 1.54) is 34.0 Å². The second-order valence-electron chi connectivity index (χ2n) is 18.0. The van der Waals surface area contributed by atoms with E-state index in [1.807, 2.05) is 38.2 Å². The van der Waals surface area contributed by atoms with Gasteiger partial charge in [-0.3, -0.25) is 19.4 Å². The number of Topliss-reactive ketones (excluding diaryl/α,β-unsaturated/α-hetero) is 2. The third-order valence-electron chi connectivity index (χ3n) is 13.4. The molecule has 0 aromatic heterocycles. The monoisotopic (exact) mass is 842 g/mol. The molecule has 3 heterocycles. The minimum absolute atomic E-state index is 0.0898. The predicted octanol–water partition coefficient (Wildman–Crippen LogP) is 7.33. The van der Waals surface area contributed by atoms with Gasteiger partial charge in [0.05, 0.1) is 25.3 Å². The maximum Gasteiger partial charge on any atom is 0.408 e. The van der Waals surface area contributed by atoms with E-state index < -0.39 is 41.8 Å². The lowest BCUT2D eigenvalue weighted by Crippen LogP contribution is -2.70. The Morgan fingerprint density at radius 1 is 0.951 bits per heavy atom. The maximum atomic E-state index is 14.4. The third-order valence-corrected chi connectivity index (χ3v) is 14.5. The number of ether oxygens (including phenoxy) is 3. The molecule has 3 aromatic carbocycles. The van der Waals surface area contributed by atoms with E-state index in [4.69, 9.17) is 14.2 Å².